The summed E-state index contributed by atoms with van der Waals surface area (Å²) in [7, 11) is 0. The first kappa shape index (κ1) is 14.3. The van der Waals surface area contributed by atoms with Crippen molar-refractivity contribution in [3.63, 3.8) is 0 Å². The second kappa shape index (κ2) is 5.64. The fraction of sp³-hybridized carbons (Fsp3) is 0.375. The van der Waals surface area contributed by atoms with Crippen molar-refractivity contribution in [1.29, 1.82) is 0 Å². The van der Waals surface area contributed by atoms with Crippen molar-refractivity contribution in [2.24, 2.45) is 0 Å². The van der Waals surface area contributed by atoms with Gasteiger partial charge in [-0.05, 0) is 25.0 Å². The fourth-order valence-electron chi connectivity index (χ4n) is 3.21. The number of hydrogen-bond acceptors (Lipinski definition) is 3. The van der Waals surface area contributed by atoms with E-state index in [0.29, 0.717) is 0 Å². The Kier molecular flexibility index (Phi) is 3.85. The summed E-state index contributed by atoms with van der Waals surface area (Å²) >= 11 is 3.55. The molecule has 0 bridgehead atoms. The average molecular weight is 349 g/mol. The Balaban J connectivity index is 2.00. The summed E-state index contributed by atoms with van der Waals surface area (Å²) in [6, 6.07) is 7.94. The Morgan fingerprint density at radius 2 is 2.05 bits per heavy atom. The number of pyridine rings is 1. The molecule has 5 heteroatoms. The number of nitrogens with one attached hydrogen (secondary N) is 1. The molecule has 0 unspecified atom stereocenters. The van der Waals surface area contributed by atoms with Crippen molar-refractivity contribution in [1.82, 2.24) is 4.98 Å². The maximum absolute atomic E-state index is 11.2. The first-order valence-electron chi connectivity index (χ1n) is 7.13. The summed E-state index contributed by atoms with van der Waals surface area (Å²) in [5.74, 6) is 0.0165. The van der Waals surface area contributed by atoms with Crippen LogP contribution in [0.25, 0.3) is 10.8 Å². The van der Waals surface area contributed by atoms with E-state index in [4.69, 9.17) is 0 Å². The van der Waals surface area contributed by atoms with Gasteiger partial charge in [0.2, 0.25) is 0 Å². The zero-order valence-electron chi connectivity index (χ0n) is 11.6. The van der Waals surface area contributed by atoms with Gasteiger partial charge in [0.25, 0.3) is 0 Å². The summed E-state index contributed by atoms with van der Waals surface area (Å²) in [4.78, 5) is 15.6. The molecule has 110 valence electrons. The third-order valence-electron chi connectivity index (χ3n) is 4.19. The molecule has 0 spiro atoms. The minimum atomic E-state index is -0.759. The number of aromatic nitrogens is 1. The van der Waals surface area contributed by atoms with Crippen molar-refractivity contribution in [3.05, 3.63) is 34.9 Å². The van der Waals surface area contributed by atoms with Gasteiger partial charge in [-0.25, -0.2) is 4.98 Å². The van der Waals surface area contributed by atoms with Gasteiger partial charge in [-0.15, -0.1) is 0 Å². The summed E-state index contributed by atoms with van der Waals surface area (Å²) in [6.07, 6.45) is 5.79. The van der Waals surface area contributed by atoms with Crippen LogP contribution in [-0.2, 0) is 4.79 Å². The number of carbonyl (C=O) groups is 1. The molecule has 4 nitrogen and oxygen atoms in total. The van der Waals surface area contributed by atoms with E-state index in [1.54, 1.807) is 6.20 Å². The molecular weight excluding hydrogens is 332 g/mol. The van der Waals surface area contributed by atoms with E-state index >= 15 is 0 Å². The number of anilines is 1. The van der Waals surface area contributed by atoms with E-state index in [9.17, 15) is 9.90 Å². The minimum Gasteiger partial charge on any atom is -0.481 e. The molecule has 0 radical (unpaired) electrons. The number of hydrogen-bond donors (Lipinski definition) is 2. The number of aliphatic carboxylic acids is 1. The quantitative estimate of drug-likeness (QED) is 0.869. The molecule has 21 heavy (non-hydrogen) atoms. The van der Waals surface area contributed by atoms with Crippen molar-refractivity contribution in [3.8, 4) is 0 Å². The van der Waals surface area contributed by atoms with Gasteiger partial charge in [-0.2, -0.15) is 0 Å². The van der Waals surface area contributed by atoms with Crippen LogP contribution in [0.15, 0.2) is 34.9 Å². The van der Waals surface area contributed by atoms with E-state index in [0.717, 1.165) is 46.7 Å². The van der Waals surface area contributed by atoms with Gasteiger partial charge >= 0.3 is 5.97 Å². The first-order chi connectivity index (χ1) is 10.1. The van der Waals surface area contributed by atoms with Crippen molar-refractivity contribution < 1.29 is 9.90 Å². The van der Waals surface area contributed by atoms with Crippen LogP contribution >= 0.6 is 15.9 Å². The predicted molar refractivity (Wildman–Crippen MR) is 86.5 cm³/mol. The lowest BCUT2D eigenvalue weighted by Crippen LogP contribution is -2.37. The summed E-state index contributed by atoms with van der Waals surface area (Å²) in [5, 5.41) is 14.7. The number of halogens is 1. The highest BCUT2D eigenvalue weighted by Crippen LogP contribution is 2.37. The number of rotatable bonds is 4. The lowest BCUT2D eigenvalue weighted by molar-refractivity contribution is -0.138. The average Bonchev–Trinajstić information content (AvgIpc) is 2.87. The van der Waals surface area contributed by atoms with Gasteiger partial charge in [-0.1, -0.05) is 40.9 Å². The second-order valence-electron chi connectivity index (χ2n) is 5.68. The molecule has 2 N–H and O–H groups in total. The molecule has 1 aliphatic carbocycles. The van der Waals surface area contributed by atoms with Crippen molar-refractivity contribution >= 4 is 38.5 Å². The number of fused-ring (bicyclic) bond motifs is 1. The molecule has 0 aliphatic heterocycles. The SMILES string of the molecule is O=C(O)CC1(Nc2nccc3c(Br)cccc23)CCCC1. The number of carboxylic acids is 1. The normalized spacial score (nSPS) is 17.0. The minimum absolute atomic E-state index is 0.138. The van der Waals surface area contributed by atoms with Gasteiger partial charge in [0.1, 0.15) is 5.82 Å². The van der Waals surface area contributed by atoms with Crippen LogP contribution < -0.4 is 5.32 Å². The molecule has 2 aromatic rings. The first-order valence-corrected chi connectivity index (χ1v) is 7.92. The maximum atomic E-state index is 11.2. The Bertz CT molecular complexity index is 681. The molecule has 1 heterocycles. The maximum Gasteiger partial charge on any atom is 0.305 e. The highest BCUT2D eigenvalue weighted by atomic mass is 79.9. The van der Waals surface area contributed by atoms with Crippen LogP contribution in [0.3, 0.4) is 0 Å². The van der Waals surface area contributed by atoms with Crippen LogP contribution in [0.4, 0.5) is 5.82 Å². The molecule has 3 rings (SSSR count). The molecule has 1 fully saturated rings. The molecule has 1 saturated carbocycles. The van der Waals surface area contributed by atoms with Crippen LogP contribution in [0.5, 0.6) is 0 Å². The van der Waals surface area contributed by atoms with Gasteiger partial charge in [0.15, 0.2) is 0 Å². The van der Waals surface area contributed by atoms with Crippen LogP contribution in [0, 0.1) is 0 Å². The lowest BCUT2D eigenvalue weighted by atomic mass is 9.93. The molecular formula is C16H17BrN2O2. The molecule has 1 aromatic heterocycles. The molecule has 0 atom stereocenters. The molecule has 0 amide bonds. The molecule has 1 aliphatic rings. The van der Waals surface area contributed by atoms with Crippen molar-refractivity contribution in [2.45, 2.75) is 37.6 Å². The van der Waals surface area contributed by atoms with E-state index in [-0.39, 0.29) is 12.0 Å². The summed E-state index contributed by atoms with van der Waals surface area (Å²) < 4.78 is 1.02. The Morgan fingerprint density at radius 1 is 1.29 bits per heavy atom. The van der Waals surface area contributed by atoms with Crippen LogP contribution in [0.1, 0.15) is 32.1 Å². The zero-order chi connectivity index (χ0) is 14.9. The number of benzene rings is 1. The van der Waals surface area contributed by atoms with E-state index in [2.05, 4.69) is 26.2 Å². The lowest BCUT2D eigenvalue weighted by Gasteiger charge is -2.30. The highest BCUT2D eigenvalue weighted by Gasteiger charge is 2.36. The Hall–Kier alpha value is -1.62. The second-order valence-corrected chi connectivity index (χ2v) is 6.53. The van der Waals surface area contributed by atoms with Gasteiger partial charge in [0.05, 0.1) is 6.42 Å². The van der Waals surface area contributed by atoms with Crippen LogP contribution in [-0.4, -0.2) is 21.6 Å². The topological polar surface area (TPSA) is 62.2 Å². The third kappa shape index (κ3) is 2.88. The smallest absolute Gasteiger partial charge is 0.305 e. The van der Waals surface area contributed by atoms with Gasteiger partial charge < -0.3 is 10.4 Å². The standard InChI is InChI=1S/C16H17BrN2O2/c17-13-5-3-4-12-11(13)6-9-18-15(12)19-16(10-14(20)21)7-1-2-8-16/h3-6,9H,1-2,7-8,10H2,(H,18,19)(H,20,21). The van der Waals surface area contributed by atoms with E-state index < -0.39 is 5.97 Å². The fourth-order valence-corrected chi connectivity index (χ4v) is 3.71. The molecule has 0 saturated heterocycles. The van der Waals surface area contributed by atoms with Gasteiger partial charge in [0, 0.05) is 27.0 Å². The van der Waals surface area contributed by atoms with Gasteiger partial charge in [-0.3, -0.25) is 4.79 Å². The Labute approximate surface area is 131 Å². The predicted octanol–water partition coefficient (Wildman–Crippen LogP) is 4.20. The van der Waals surface area contributed by atoms with E-state index in [1.807, 2.05) is 24.3 Å². The summed E-state index contributed by atoms with van der Waals surface area (Å²) in [6.45, 7) is 0. The van der Waals surface area contributed by atoms with E-state index in [1.165, 1.54) is 0 Å². The van der Waals surface area contributed by atoms with Crippen LogP contribution in [0.2, 0.25) is 0 Å². The number of nitrogens with zero attached hydrogens (tertiary/aromatic N) is 1. The largest absolute Gasteiger partial charge is 0.481 e. The monoisotopic (exact) mass is 348 g/mol. The highest BCUT2D eigenvalue weighted by molar-refractivity contribution is 9.10. The van der Waals surface area contributed by atoms with Crippen molar-refractivity contribution in [2.75, 3.05) is 5.32 Å². The summed E-state index contributed by atoms with van der Waals surface area (Å²) in [5.41, 5.74) is -0.366. The number of carboxylic acid groups (broad SMARTS) is 1. The zero-order valence-corrected chi connectivity index (χ0v) is 13.2. The Morgan fingerprint density at radius 3 is 2.76 bits per heavy atom. The molecule has 1 aromatic carbocycles. The third-order valence-corrected chi connectivity index (χ3v) is 4.88.